The summed E-state index contributed by atoms with van der Waals surface area (Å²) in [6.07, 6.45) is -1.83. The molecule has 1 aromatic carbocycles. The molecule has 0 bridgehead atoms. The van der Waals surface area contributed by atoms with Crippen LogP contribution in [0.5, 0.6) is 0 Å². The maximum Gasteiger partial charge on any atom is 0.503 e. The molecule has 12 heavy (non-hydrogen) atoms. The van der Waals surface area contributed by atoms with Crippen molar-refractivity contribution < 1.29 is 19.4 Å². The first-order valence-electron chi connectivity index (χ1n) is 2.95. The quantitative estimate of drug-likeness (QED) is 0.649. The van der Waals surface area contributed by atoms with E-state index in [9.17, 15) is 4.39 Å². The van der Waals surface area contributed by atoms with Gasteiger partial charge in [-0.15, -0.1) is 0 Å². The number of benzene rings is 1. The van der Waals surface area contributed by atoms with Crippen LogP contribution in [0.15, 0.2) is 24.3 Å². The van der Waals surface area contributed by atoms with Gasteiger partial charge in [-0.05, 0) is 0 Å². The summed E-state index contributed by atoms with van der Waals surface area (Å²) in [6, 6.07) is 6.63. The third-order valence-corrected chi connectivity index (χ3v) is 2.37. The van der Waals surface area contributed by atoms with Crippen molar-refractivity contribution in [1.82, 2.24) is 0 Å². The molecule has 0 saturated heterocycles. The van der Waals surface area contributed by atoms with Crippen molar-refractivity contribution in [2.24, 2.45) is 0 Å². The van der Waals surface area contributed by atoms with Crippen LogP contribution in [-0.4, -0.2) is 41.1 Å². The zero-order chi connectivity index (χ0) is 9.56. The molecule has 0 fully saturated rings. The third kappa shape index (κ3) is 7.41. The third-order valence-electron chi connectivity index (χ3n) is 0.870. The SMILES string of the molecule is Fc1cc[c]([BiH2])cc1.O=C(O)O. The Morgan fingerprint density at radius 3 is 1.83 bits per heavy atom. The fourth-order valence-corrected chi connectivity index (χ4v) is 1.21. The Kier molecular flexibility index (Phi) is 5.55. The minimum absolute atomic E-state index is 0.144. The van der Waals surface area contributed by atoms with E-state index in [0.29, 0.717) is 0 Å². The summed E-state index contributed by atoms with van der Waals surface area (Å²) in [5.74, 6) is -0.144. The van der Waals surface area contributed by atoms with Crippen LogP contribution < -0.4 is 3.27 Å². The average Bonchev–Trinajstić information content (AvgIpc) is 1.94. The number of hydrogen-bond donors (Lipinski definition) is 2. The standard InChI is InChI=1S/C6H4F.CH2O3.Bi.2H/c7-6-4-2-1-3-5-6;2-1(3)4;;;/h2-5H;(H2,2,3,4);;;. The number of hydrogen-bond acceptors (Lipinski definition) is 1. The zero-order valence-electron chi connectivity index (χ0n) is 6.07. The van der Waals surface area contributed by atoms with Crippen LogP contribution in [0.3, 0.4) is 0 Å². The van der Waals surface area contributed by atoms with Crippen molar-refractivity contribution in [3.05, 3.63) is 30.1 Å². The van der Waals surface area contributed by atoms with Crippen molar-refractivity contribution >= 4 is 34.1 Å². The van der Waals surface area contributed by atoms with Gasteiger partial charge in [-0.3, -0.25) is 0 Å². The van der Waals surface area contributed by atoms with Gasteiger partial charge in [0, 0.05) is 0 Å². The molecule has 0 aliphatic heterocycles. The Balaban J connectivity index is 0.000000261. The fraction of sp³-hybridized carbons (Fsp3) is 0. The van der Waals surface area contributed by atoms with Gasteiger partial charge < -0.3 is 10.2 Å². The van der Waals surface area contributed by atoms with Gasteiger partial charge >= 0.3 is 68.6 Å². The summed E-state index contributed by atoms with van der Waals surface area (Å²) in [5.41, 5.74) is 0. The number of carboxylic acid groups (broad SMARTS) is 2. The normalized spacial score (nSPS) is 8.17. The molecule has 1 aromatic rings. The van der Waals surface area contributed by atoms with E-state index in [4.69, 9.17) is 15.0 Å². The molecule has 3 nitrogen and oxygen atoms in total. The van der Waals surface area contributed by atoms with Crippen LogP contribution in [0, 0.1) is 5.82 Å². The molecule has 0 heterocycles. The minimum Gasteiger partial charge on any atom is -0.450 e. The van der Waals surface area contributed by atoms with Crippen LogP contribution in [0.1, 0.15) is 0 Å². The molecule has 0 saturated carbocycles. The second-order valence-corrected chi connectivity index (χ2v) is 4.43. The summed E-state index contributed by atoms with van der Waals surface area (Å²) in [7, 11) is 0. The predicted molar refractivity (Wildman–Crippen MR) is 45.2 cm³/mol. The molecule has 0 spiro atoms. The summed E-state index contributed by atoms with van der Waals surface area (Å²) in [4.78, 5) is 8.56. The molecule has 5 heteroatoms. The Hall–Kier alpha value is -0.697. The molecule has 0 atom stereocenters. The molecule has 0 aliphatic carbocycles. The van der Waals surface area contributed by atoms with Gasteiger partial charge in [-0.1, -0.05) is 0 Å². The minimum atomic E-state index is -1.83. The van der Waals surface area contributed by atoms with E-state index < -0.39 is 6.16 Å². The van der Waals surface area contributed by atoms with E-state index in [1.807, 2.05) is 12.1 Å². The molecular weight excluding hydrogens is 360 g/mol. The largest absolute Gasteiger partial charge is 0.503 e. The van der Waals surface area contributed by atoms with Gasteiger partial charge in [0.15, 0.2) is 0 Å². The summed E-state index contributed by atoms with van der Waals surface area (Å²) in [5, 5.41) is 13.9. The van der Waals surface area contributed by atoms with Crippen LogP contribution in [0.25, 0.3) is 0 Å². The van der Waals surface area contributed by atoms with Crippen LogP contribution in [-0.2, 0) is 0 Å². The molecule has 0 unspecified atom stereocenters. The first-order chi connectivity index (χ1) is 5.52. The van der Waals surface area contributed by atoms with Gasteiger partial charge in [0.25, 0.3) is 0 Å². The van der Waals surface area contributed by atoms with Crippen LogP contribution >= 0.6 is 0 Å². The van der Waals surface area contributed by atoms with Gasteiger partial charge in [0.05, 0.1) is 0 Å². The Bertz CT molecular complexity index is 222. The molecule has 0 radical (unpaired) electrons. The smallest absolute Gasteiger partial charge is 0.450 e. The summed E-state index contributed by atoms with van der Waals surface area (Å²) < 4.78 is 13.4. The second kappa shape index (κ2) is 5.89. The van der Waals surface area contributed by atoms with Crippen molar-refractivity contribution in [3.8, 4) is 0 Å². The summed E-state index contributed by atoms with van der Waals surface area (Å²) in [6.45, 7) is 0. The van der Waals surface area contributed by atoms with E-state index >= 15 is 0 Å². The maximum absolute atomic E-state index is 12.1. The van der Waals surface area contributed by atoms with E-state index in [-0.39, 0.29) is 5.82 Å². The maximum atomic E-state index is 12.1. The first kappa shape index (κ1) is 11.3. The van der Waals surface area contributed by atoms with E-state index in [1.54, 1.807) is 0 Å². The Morgan fingerprint density at radius 2 is 1.58 bits per heavy atom. The van der Waals surface area contributed by atoms with E-state index in [0.717, 1.165) is 24.7 Å². The molecule has 0 amide bonds. The van der Waals surface area contributed by atoms with Gasteiger partial charge in [0.2, 0.25) is 0 Å². The first-order valence-corrected chi connectivity index (χ1v) is 5.19. The van der Waals surface area contributed by atoms with E-state index in [1.165, 1.54) is 15.4 Å². The molecule has 0 aromatic heterocycles. The predicted octanol–water partition coefficient (Wildman–Crippen LogP) is 0.306. The van der Waals surface area contributed by atoms with Crippen molar-refractivity contribution in [2.45, 2.75) is 0 Å². The average molecular weight is 368 g/mol. The number of carbonyl (C=O) groups is 1. The fourth-order valence-electron chi connectivity index (χ4n) is 0.463. The van der Waals surface area contributed by atoms with E-state index in [2.05, 4.69) is 0 Å². The Labute approximate surface area is 83.7 Å². The van der Waals surface area contributed by atoms with Crippen molar-refractivity contribution in [2.75, 3.05) is 0 Å². The van der Waals surface area contributed by atoms with Crippen molar-refractivity contribution in [3.63, 3.8) is 0 Å². The molecular formula is C7H8BiFO3. The summed E-state index contributed by atoms with van der Waals surface area (Å²) >= 11 is 0.820. The number of rotatable bonds is 0. The molecule has 2 N–H and O–H groups in total. The second-order valence-electron chi connectivity index (χ2n) is 1.83. The van der Waals surface area contributed by atoms with Gasteiger partial charge in [-0.2, -0.15) is 0 Å². The van der Waals surface area contributed by atoms with Crippen LogP contribution in [0.4, 0.5) is 9.18 Å². The Morgan fingerprint density at radius 1 is 1.25 bits per heavy atom. The molecule has 0 aliphatic rings. The topological polar surface area (TPSA) is 57.5 Å². The van der Waals surface area contributed by atoms with Crippen molar-refractivity contribution in [1.29, 1.82) is 0 Å². The molecule has 66 valence electrons. The zero-order valence-corrected chi connectivity index (χ0v) is 10.6. The van der Waals surface area contributed by atoms with Gasteiger partial charge in [0.1, 0.15) is 0 Å². The van der Waals surface area contributed by atoms with Gasteiger partial charge in [-0.25, -0.2) is 4.79 Å². The monoisotopic (exact) mass is 368 g/mol. The molecule has 1 rings (SSSR count). The number of halogens is 1. The van der Waals surface area contributed by atoms with Crippen LogP contribution in [0.2, 0.25) is 0 Å².